The molecule has 2 N–H and O–H groups in total. The van der Waals surface area contributed by atoms with Gasteiger partial charge in [0.1, 0.15) is 12.3 Å². The van der Waals surface area contributed by atoms with Crippen molar-refractivity contribution < 1.29 is 14.7 Å². The van der Waals surface area contributed by atoms with Crippen molar-refractivity contribution in [3.8, 4) is 0 Å². The molecule has 0 amide bonds. The lowest BCUT2D eigenvalue weighted by atomic mass is 10.3. The number of allylic oxidation sites excluding steroid dienone is 1. The van der Waals surface area contributed by atoms with Crippen molar-refractivity contribution in [2.45, 2.75) is 6.42 Å². The monoisotopic (exact) mass is 170 g/mol. The van der Waals surface area contributed by atoms with Crippen LogP contribution in [0, 0.1) is 0 Å². The third kappa shape index (κ3) is 2.44. The predicted molar refractivity (Wildman–Crippen MR) is 41.9 cm³/mol. The summed E-state index contributed by atoms with van der Waals surface area (Å²) in [6.07, 6.45) is 2.96. The van der Waals surface area contributed by atoms with E-state index in [0.717, 1.165) is 0 Å². The van der Waals surface area contributed by atoms with Gasteiger partial charge in [0.15, 0.2) is 12.1 Å². The van der Waals surface area contributed by atoms with E-state index in [9.17, 15) is 4.79 Å². The first-order chi connectivity index (χ1) is 5.86. The highest BCUT2D eigenvalue weighted by molar-refractivity contribution is 5.87. The zero-order valence-corrected chi connectivity index (χ0v) is 6.49. The number of carbonyl (C=O) groups excluding carboxylic acids is 1. The summed E-state index contributed by atoms with van der Waals surface area (Å²) >= 11 is 0. The molecule has 1 heterocycles. The zero-order chi connectivity index (χ0) is 8.81. The van der Waals surface area contributed by atoms with Crippen molar-refractivity contribution in [2.75, 3.05) is 13.2 Å². The van der Waals surface area contributed by atoms with Gasteiger partial charge in [-0.3, -0.25) is 15.5 Å². The Kier molecular flexibility index (Phi) is 3.43. The molecule has 0 fully saturated rings. The van der Waals surface area contributed by atoms with Crippen molar-refractivity contribution in [3.63, 3.8) is 0 Å². The maximum atomic E-state index is 10.4. The normalized spacial score (nSPS) is 22.8. The van der Waals surface area contributed by atoms with Gasteiger partial charge in [0.2, 0.25) is 0 Å². The second-order valence-corrected chi connectivity index (χ2v) is 2.26. The molecule has 0 unspecified atom stereocenters. The van der Waals surface area contributed by atoms with E-state index in [-0.39, 0.29) is 12.4 Å². The summed E-state index contributed by atoms with van der Waals surface area (Å²) in [6, 6.07) is 0. The van der Waals surface area contributed by atoms with Crippen LogP contribution in [0.25, 0.3) is 0 Å². The van der Waals surface area contributed by atoms with Crippen molar-refractivity contribution in [2.24, 2.45) is 4.99 Å². The summed E-state index contributed by atoms with van der Waals surface area (Å²) < 4.78 is 5.06. The van der Waals surface area contributed by atoms with E-state index < -0.39 is 0 Å². The van der Waals surface area contributed by atoms with E-state index >= 15 is 0 Å². The van der Waals surface area contributed by atoms with E-state index in [1.165, 1.54) is 0 Å². The van der Waals surface area contributed by atoms with E-state index in [0.29, 0.717) is 25.0 Å². The van der Waals surface area contributed by atoms with Crippen LogP contribution in [-0.4, -0.2) is 30.5 Å². The van der Waals surface area contributed by atoms with E-state index in [1.54, 1.807) is 6.08 Å². The Labute approximate surface area is 69.7 Å². The molecule has 0 aromatic heterocycles. The molecule has 0 saturated heterocycles. The Hall–Kier alpha value is -1.20. The molecule has 0 aromatic rings. The minimum absolute atomic E-state index is 0.196. The van der Waals surface area contributed by atoms with Gasteiger partial charge < -0.3 is 4.74 Å². The van der Waals surface area contributed by atoms with Gasteiger partial charge in [0.25, 0.3) is 0 Å². The highest BCUT2D eigenvalue weighted by Gasteiger charge is 2.02. The minimum atomic E-state index is 0.196. The lowest BCUT2D eigenvalue weighted by Crippen LogP contribution is -2.25. The Morgan fingerprint density at radius 1 is 1.75 bits per heavy atom. The second kappa shape index (κ2) is 4.63. The smallest absolute Gasteiger partial charge is 0.168 e. The number of aldehydes is 1. The summed E-state index contributed by atoms with van der Waals surface area (Å²) in [5.74, 6) is 0.244. The van der Waals surface area contributed by atoms with Crippen LogP contribution in [0.1, 0.15) is 6.42 Å². The average molecular weight is 170 g/mol. The molecule has 66 valence electrons. The fourth-order valence-corrected chi connectivity index (χ4v) is 0.824. The summed E-state index contributed by atoms with van der Waals surface area (Å²) in [5.41, 5.74) is 2.18. The van der Waals surface area contributed by atoms with Gasteiger partial charge in [0, 0.05) is 0 Å². The molecule has 0 spiro atoms. The van der Waals surface area contributed by atoms with Crippen molar-refractivity contribution >= 4 is 12.1 Å². The lowest BCUT2D eigenvalue weighted by Gasteiger charge is -2.08. The maximum Gasteiger partial charge on any atom is 0.168 e. The average Bonchev–Trinajstić information content (AvgIpc) is 2.05. The van der Waals surface area contributed by atoms with Crippen LogP contribution in [0.5, 0.6) is 0 Å². The Morgan fingerprint density at radius 3 is 3.25 bits per heavy atom. The molecule has 0 atom stereocenters. The number of aliphatic imine (C=N–C) groups is 1. The first kappa shape index (κ1) is 8.89. The number of hydrogen-bond donors (Lipinski definition) is 2. The van der Waals surface area contributed by atoms with Gasteiger partial charge in [-0.2, -0.15) is 0 Å². The molecular weight excluding hydrogens is 160 g/mol. The van der Waals surface area contributed by atoms with Crippen LogP contribution < -0.4 is 5.48 Å². The quantitative estimate of drug-likeness (QED) is 0.424. The molecule has 0 aliphatic carbocycles. The van der Waals surface area contributed by atoms with Crippen molar-refractivity contribution in [1.29, 1.82) is 0 Å². The predicted octanol–water partition coefficient (Wildman–Crippen LogP) is -0.133. The summed E-state index contributed by atoms with van der Waals surface area (Å²) in [6.45, 7) is 0.722. The number of ether oxygens (including phenoxy) is 1. The third-order valence-corrected chi connectivity index (χ3v) is 1.37. The van der Waals surface area contributed by atoms with Crippen LogP contribution in [0.15, 0.2) is 16.8 Å². The Balaban J connectivity index is 2.75. The molecule has 1 aliphatic rings. The maximum absolute atomic E-state index is 10.4. The molecule has 12 heavy (non-hydrogen) atoms. The standard InChI is InChI=1S/C7H10N2O3/c10-4-6-2-1-3-12-5-7(8-6)9-11/h2,4,11H,1,3,5H2,(H,8,9)/b6-2-. The molecule has 0 radical (unpaired) electrons. The van der Waals surface area contributed by atoms with Crippen LogP contribution in [-0.2, 0) is 9.53 Å². The zero-order valence-electron chi connectivity index (χ0n) is 6.49. The largest absolute Gasteiger partial charge is 0.373 e. The number of nitrogens with one attached hydrogen (secondary N) is 1. The summed E-state index contributed by atoms with van der Waals surface area (Å²) in [4.78, 5) is 14.2. The molecule has 1 aliphatic heterocycles. The number of nitrogens with zero attached hydrogens (tertiary/aromatic N) is 1. The SMILES string of the molecule is O=C/C1=C/CCOCC(NO)=N1. The molecule has 5 heteroatoms. The van der Waals surface area contributed by atoms with Gasteiger partial charge in [-0.05, 0) is 6.42 Å². The number of carbonyl (C=O) groups is 1. The topological polar surface area (TPSA) is 70.9 Å². The second-order valence-electron chi connectivity index (χ2n) is 2.26. The summed E-state index contributed by atoms with van der Waals surface area (Å²) in [7, 11) is 0. The van der Waals surface area contributed by atoms with Gasteiger partial charge in [-0.25, -0.2) is 4.99 Å². The number of hydroxylamine groups is 1. The van der Waals surface area contributed by atoms with Crippen molar-refractivity contribution in [1.82, 2.24) is 5.48 Å². The van der Waals surface area contributed by atoms with Gasteiger partial charge in [-0.15, -0.1) is 0 Å². The van der Waals surface area contributed by atoms with E-state index in [4.69, 9.17) is 9.94 Å². The summed E-state index contributed by atoms with van der Waals surface area (Å²) in [5, 5.41) is 8.52. The molecule has 0 bridgehead atoms. The molecule has 1 rings (SSSR count). The third-order valence-electron chi connectivity index (χ3n) is 1.37. The molecule has 0 saturated carbocycles. The van der Waals surface area contributed by atoms with Crippen LogP contribution in [0.2, 0.25) is 0 Å². The fraction of sp³-hybridized carbons (Fsp3) is 0.429. The first-order valence-corrected chi connectivity index (χ1v) is 3.57. The molecule has 5 nitrogen and oxygen atoms in total. The highest BCUT2D eigenvalue weighted by atomic mass is 16.5. The van der Waals surface area contributed by atoms with Crippen molar-refractivity contribution in [3.05, 3.63) is 11.8 Å². The first-order valence-electron chi connectivity index (χ1n) is 3.57. The minimum Gasteiger partial charge on any atom is -0.373 e. The highest BCUT2D eigenvalue weighted by Crippen LogP contribution is 1.99. The van der Waals surface area contributed by atoms with E-state index in [2.05, 4.69) is 4.99 Å². The number of rotatable bonds is 1. The number of hydrogen-bond acceptors (Lipinski definition) is 5. The van der Waals surface area contributed by atoms with Crippen LogP contribution in [0.3, 0.4) is 0 Å². The Bertz CT molecular complexity index is 223. The molecule has 0 aromatic carbocycles. The number of amidine groups is 1. The van der Waals surface area contributed by atoms with E-state index in [1.807, 2.05) is 5.48 Å². The van der Waals surface area contributed by atoms with Crippen LogP contribution in [0.4, 0.5) is 0 Å². The van der Waals surface area contributed by atoms with Gasteiger partial charge in [0.05, 0.1) is 6.61 Å². The van der Waals surface area contributed by atoms with Gasteiger partial charge >= 0.3 is 0 Å². The lowest BCUT2D eigenvalue weighted by molar-refractivity contribution is -0.105. The van der Waals surface area contributed by atoms with Gasteiger partial charge in [-0.1, -0.05) is 6.08 Å². The Morgan fingerprint density at radius 2 is 2.58 bits per heavy atom. The fourth-order valence-electron chi connectivity index (χ4n) is 0.824. The van der Waals surface area contributed by atoms with Crippen LogP contribution >= 0.6 is 0 Å². The molecular formula is C7H10N2O3.